The number of thioether (sulfide) groups is 2. The molecule has 15 amide bonds. The number of nitrogens with zero attached hydrogens (tertiary/aromatic N) is 2. The van der Waals surface area contributed by atoms with Gasteiger partial charge in [0.2, 0.25) is 88.6 Å². The van der Waals surface area contributed by atoms with Crippen molar-refractivity contribution >= 4 is 135 Å². The summed E-state index contributed by atoms with van der Waals surface area (Å²) in [5, 5.41) is 26.9. The highest BCUT2D eigenvalue weighted by molar-refractivity contribution is 8.01. The Labute approximate surface area is 685 Å². The van der Waals surface area contributed by atoms with E-state index in [-0.39, 0.29) is 194 Å². The highest BCUT2D eigenvalue weighted by Gasteiger charge is 2.41. The summed E-state index contributed by atoms with van der Waals surface area (Å²) < 4.78 is 31.9. The van der Waals surface area contributed by atoms with Gasteiger partial charge in [-0.25, -0.2) is 0 Å². The first kappa shape index (κ1) is 99.0. The van der Waals surface area contributed by atoms with E-state index in [1.165, 1.54) is 0 Å². The third-order valence-corrected chi connectivity index (χ3v) is 20.3. The number of carbonyl (C=O) groups excluding carboxylic acids is 17. The first-order valence-electron chi connectivity index (χ1n) is 39.7. The largest absolute Gasteiger partial charge is 0.464 e. The summed E-state index contributed by atoms with van der Waals surface area (Å²) in [5.41, 5.74) is 6.50. The lowest BCUT2D eigenvalue weighted by atomic mass is 10.0. The molecule has 0 radical (unpaired) electrons. The zero-order chi connectivity index (χ0) is 85.2. The van der Waals surface area contributed by atoms with Crippen LogP contribution in [0.15, 0.2) is 42.5 Å². The van der Waals surface area contributed by atoms with Gasteiger partial charge in [-0.05, 0) is 92.4 Å². The fourth-order valence-electron chi connectivity index (χ4n) is 11.5. The van der Waals surface area contributed by atoms with Crippen molar-refractivity contribution in [2.75, 3.05) is 130 Å². The second-order valence-corrected chi connectivity index (χ2v) is 30.8. The predicted octanol–water partition coefficient (Wildman–Crippen LogP) is 0.191. The number of fused-ring (bicyclic) bond motifs is 1. The number of carbonyl (C=O) groups is 17. The molecule has 36 nitrogen and oxygen atoms in total. The number of hydrogen-bond acceptors (Lipinski definition) is 25. The molecule has 2 aromatic rings. The van der Waals surface area contributed by atoms with Gasteiger partial charge in [-0.1, -0.05) is 96.8 Å². The summed E-state index contributed by atoms with van der Waals surface area (Å²) in [6.07, 6.45) is 3.50. The molecule has 6 unspecified atom stereocenters. The van der Waals surface area contributed by atoms with Crippen LogP contribution in [-0.4, -0.2) is 275 Å². The molecule has 2 fully saturated rings. The Morgan fingerprint density at radius 3 is 1.31 bits per heavy atom. The Morgan fingerprint density at radius 2 is 0.853 bits per heavy atom. The normalized spacial score (nSPS) is 15.0. The van der Waals surface area contributed by atoms with Gasteiger partial charge in [0.05, 0.1) is 81.3 Å². The molecule has 0 aliphatic carbocycles. The molecule has 646 valence electrons. The van der Waals surface area contributed by atoms with Crippen LogP contribution in [0.25, 0.3) is 10.8 Å². The molecule has 0 bridgehead atoms. The number of hydrogen-bond donors (Lipinski definition) is 11. The van der Waals surface area contributed by atoms with Crippen molar-refractivity contribution < 1.29 is 110 Å². The summed E-state index contributed by atoms with van der Waals surface area (Å²) in [7, 11) is 0. The Bertz CT molecular complexity index is 3570. The van der Waals surface area contributed by atoms with Crippen LogP contribution in [0.1, 0.15) is 150 Å². The van der Waals surface area contributed by atoms with Crippen molar-refractivity contribution in [3.8, 4) is 0 Å². The van der Waals surface area contributed by atoms with Gasteiger partial charge in [0.25, 0.3) is 0 Å². The minimum absolute atomic E-state index is 0.0255. The van der Waals surface area contributed by atoms with Crippen molar-refractivity contribution in [1.82, 2.24) is 63.0 Å². The molecule has 38 heteroatoms. The fraction of sp³-hybridized carbons (Fsp3) is 0.654. The molecule has 0 aromatic heterocycles. The minimum atomic E-state index is -1.24. The molecule has 116 heavy (non-hydrogen) atoms. The van der Waals surface area contributed by atoms with Crippen LogP contribution in [0.5, 0.6) is 0 Å². The predicted molar refractivity (Wildman–Crippen MR) is 429 cm³/mol. The van der Waals surface area contributed by atoms with E-state index in [1.807, 2.05) is 77.1 Å². The standard InChI is InChI=1S/C78H119N13O23S2/c1-7-16-57(86-64(94)42-54-20-15-19-53-18-9-10-21-55(53)54)74(104)89-59(23-12-14-29-81-66(96)48-112-41-39-110-37-31-83-63(93)25-33-91-70(100)44-61(78(91)108)116-50-68(98)85-46-72(102)114-35-27-52(5)6)76(106)88-58(17-8-2)75(105)87-56(73(79)103)22-11-13-28-80-65(95)47-111-40-38-109-36-30-82-62(92)24-32-90-69(99)43-60(77(90)107)115-49-67(97)84-45-71(101)113-34-26-51(3)4/h9-10,15,18-21,51-52,56-61H,7-8,11-14,16-17,22-50H2,1-6H3,(H2,79,103)(H,80,95)(H,81,96)(H,82,92)(H,83,93)(H,84,97)(H,85,98)(H,86,94)(H,87,105)(H,88,106)(H,89,104). The molecule has 2 aliphatic heterocycles. The number of rotatable bonds is 62. The number of unbranched alkanes of at least 4 members (excludes halogenated alkanes) is 2. The third-order valence-electron chi connectivity index (χ3n) is 17.9. The topological polar surface area (TPSA) is 498 Å². The number of benzene rings is 2. The van der Waals surface area contributed by atoms with E-state index in [0.717, 1.165) is 49.7 Å². The van der Waals surface area contributed by atoms with Gasteiger partial charge in [0, 0.05) is 65.0 Å². The Kier molecular flexibility index (Phi) is 48.5. The number of nitrogens with one attached hydrogen (secondary N) is 10. The quantitative estimate of drug-likeness (QED) is 0.0239. The average Bonchev–Trinajstić information content (AvgIpc) is 1.68. The van der Waals surface area contributed by atoms with Crippen LogP contribution in [0, 0.1) is 11.8 Å². The lowest BCUT2D eigenvalue weighted by molar-refractivity contribution is -0.144. The second-order valence-electron chi connectivity index (χ2n) is 28.5. The Morgan fingerprint density at radius 1 is 0.440 bits per heavy atom. The number of ether oxygens (including phenoxy) is 6. The van der Waals surface area contributed by atoms with Crippen molar-refractivity contribution in [3.63, 3.8) is 0 Å². The first-order valence-corrected chi connectivity index (χ1v) is 41.8. The van der Waals surface area contributed by atoms with Crippen LogP contribution >= 0.6 is 23.5 Å². The van der Waals surface area contributed by atoms with Gasteiger partial charge in [0.15, 0.2) is 0 Å². The molecule has 4 rings (SSSR count). The van der Waals surface area contributed by atoms with E-state index >= 15 is 0 Å². The molecular formula is C78H119N13O23S2. The molecule has 2 heterocycles. The number of likely N-dealkylation sites (tertiary alicyclic amines) is 2. The van der Waals surface area contributed by atoms with Gasteiger partial charge in [-0.2, -0.15) is 0 Å². The van der Waals surface area contributed by atoms with Crippen molar-refractivity contribution in [2.45, 2.75) is 185 Å². The van der Waals surface area contributed by atoms with Crippen LogP contribution < -0.4 is 58.9 Å². The summed E-state index contributed by atoms with van der Waals surface area (Å²) >= 11 is 1.94. The maximum Gasteiger partial charge on any atom is 0.325 e. The SMILES string of the molecule is CCCC(NC(=O)Cc1cccc2ccccc12)C(=O)NC(CCCCNC(=O)COCCOCCNC(=O)CCN1C(=O)CC(SCC(=O)NCC(=O)OCCC(C)C)C1=O)C(=O)NC(CCC)C(=O)NC(CCCCNC(=O)COCCOCCNC(=O)CCN1C(=O)CC(SCC(=O)NCC(=O)OCCC(C)C)C1=O)C(N)=O. The van der Waals surface area contributed by atoms with Crippen molar-refractivity contribution in [3.05, 3.63) is 48.0 Å². The van der Waals surface area contributed by atoms with Crippen molar-refractivity contribution in [1.29, 1.82) is 0 Å². The molecule has 0 saturated carbocycles. The monoisotopic (exact) mass is 1670 g/mol. The zero-order valence-corrected chi connectivity index (χ0v) is 69.1. The fourth-order valence-corrected chi connectivity index (χ4v) is 13.5. The summed E-state index contributed by atoms with van der Waals surface area (Å²) in [6.45, 7) is 11.5. The van der Waals surface area contributed by atoms with E-state index in [2.05, 4.69) is 53.2 Å². The number of nitrogens with two attached hydrogens (primary N) is 1. The summed E-state index contributed by atoms with van der Waals surface area (Å²) in [6, 6.07) is 8.58. The lowest BCUT2D eigenvalue weighted by Gasteiger charge is -2.26. The molecule has 6 atom stereocenters. The summed E-state index contributed by atoms with van der Waals surface area (Å²) in [4.78, 5) is 220. The van der Waals surface area contributed by atoms with E-state index < -0.39 is 135 Å². The lowest BCUT2D eigenvalue weighted by Crippen LogP contribution is -2.58. The average molecular weight is 1670 g/mol. The number of esters is 2. The molecule has 12 N–H and O–H groups in total. The van der Waals surface area contributed by atoms with Gasteiger partial charge in [-0.15, -0.1) is 23.5 Å². The minimum Gasteiger partial charge on any atom is -0.464 e. The van der Waals surface area contributed by atoms with Crippen LogP contribution in [-0.2, 0) is 116 Å². The molecular weight excluding hydrogens is 1550 g/mol. The van der Waals surface area contributed by atoms with E-state index in [4.69, 9.17) is 34.2 Å². The number of amides is 15. The van der Waals surface area contributed by atoms with E-state index in [1.54, 1.807) is 6.92 Å². The summed E-state index contributed by atoms with van der Waals surface area (Å²) in [5.74, 6) is -8.78. The maximum absolute atomic E-state index is 14.3. The second kappa shape index (κ2) is 56.8. The molecule has 2 aromatic carbocycles. The molecule has 2 saturated heterocycles. The van der Waals surface area contributed by atoms with Crippen LogP contribution in [0.4, 0.5) is 0 Å². The van der Waals surface area contributed by atoms with Gasteiger partial charge < -0.3 is 87.3 Å². The van der Waals surface area contributed by atoms with Crippen molar-refractivity contribution in [2.24, 2.45) is 17.6 Å². The number of primary amides is 1. The first-order chi connectivity index (χ1) is 55.6. The van der Waals surface area contributed by atoms with Crippen LogP contribution in [0.2, 0.25) is 0 Å². The van der Waals surface area contributed by atoms with E-state index in [0.29, 0.717) is 56.8 Å². The molecule has 0 spiro atoms. The Balaban J connectivity index is 1.14. The van der Waals surface area contributed by atoms with Gasteiger partial charge >= 0.3 is 11.9 Å². The highest BCUT2D eigenvalue weighted by atomic mass is 32.2. The molecule has 2 aliphatic rings. The zero-order valence-electron chi connectivity index (χ0n) is 67.5. The van der Waals surface area contributed by atoms with Crippen LogP contribution in [0.3, 0.4) is 0 Å². The van der Waals surface area contributed by atoms with Gasteiger partial charge in [-0.3, -0.25) is 91.3 Å². The smallest absolute Gasteiger partial charge is 0.325 e. The van der Waals surface area contributed by atoms with E-state index in [9.17, 15) is 81.5 Å². The highest BCUT2D eigenvalue weighted by Crippen LogP contribution is 2.27. The number of imide groups is 2. The Hall–Kier alpha value is -9.37. The third kappa shape index (κ3) is 41.0. The van der Waals surface area contributed by atoms with Gasteiger partial charge in [0.1, 0.15) is 50.5 Å². The maximum atomic E-state index is 14.3.